The van der Waals surface area contributed by atoms with Crippen LogP contribution < -0.4 is 10.6 Å². The van der Waals surface area contributed by atoms with E-state index < -0.39 is 0 Å². The van der Waals surface area contributed by atoms with Gasteiger partial charge in [-0.05, 0) is 19.2 Å². The normalized spacial score (nSPS) is 11.9. The van der Waals surface area contributed by atoms with Gasteiger partial charge in [0.05, 0.1) is 11.3 Å². The summed E-state index contributed by atoms with van der Waals surface area (Å²) in [5, 5.41) is 8.72. The zero-order chi connectivity index (χ0) is 12.1. The Labute approximate surface area is 100 Å². The maximum absolute atomic E-state index is 8.72. The van der Waals surface area contributed by atoms with Crippen molar-refractivity contribution in [1.82, 2.24) is 4.98 Å². The molecule has 1 atom stereocenters. The third-order valence-electron chi connectivity index (χ3n) is 2.43. The van der Waals surface area contributed by atoms with E-state index in [0.717, 1.165) is 11.6 Å². The molecule has 0 bridgehead atoms. The van der Waals surface area contributed by atoms with Crippen LogP contribution in [0.4, 0.5) is 11.5 Å². The fraction of sp³-hybridized carbons (Fsp3) is 0.455. The van der Waals surface area contributed by atoms with Gasteiger partial charge >= 0.3 is 0 Å². The smallest absolute Gasteiger partial charge is 0.151 e. The summed E-state index contributed by atoms with van der Waals surface area (Å²) < 4.78 is 0. The Hall–Kier alpha value is -1.41. The molecule has 1 aromatic rings. The Morgan fingerprint density at radius 1 is 1.69 bits per heavy atom. The van der Waals surface area contributed by atoms with Crippen molar-refractivity contribution in [3.63, 3.8) is 0 Å². The largest absolute Gasteiger partial charge is 0.396 e. The summed E-state index contributed by atoms with van der Waals surface area (Å²) >= 11 is 1.78. The second-order valence-electron chi connectivity index (χ2n) is 3.66. The van der Waals surface area contributed by atoms with E-state index in [2.05, 4.69) is 18.2 Å². The van der Waals surface area contributed by atoms with E-state index in [0.29, 0.717) is 17.3 Å². The number of pyridine rings is 1. The lowest BCUT2D eigenvalue weighted by Crippen LogP contribution is -2.32. The second-order valence-corrected chi connectivity index (χ2v) is 4.57. The maximum Gasteiger partial charge on any atom is 0.151 e. The van der Waals surface area contributed by atoms with E-state index in [1.807, 2.05) is 18.0 Å². The first-order valence-corrected chi connectivity index (χ1v) is 6.37. The van der Waals surface area contributed by atoms with Gasteiger partial charge in [-0.1, -0.05) is 0 Å². The Bertz CT molecular complexity index is 399. The topological polar surface area (TPSA) is 65.9 Å². The molecule has 16 heavy (non-hydrogen) atoms. The standard InChI is InChI=1S/C11H16N4S/c1-8(7-16-3)15(2)11-10(13)4-9(5-12)6-14-11/h4,6,8H,7,13H2,1-3H3. The Kier molecular flexibility index (Phi) is 4.44. The summed E-state index contributed by atoms with van der Waals surface area (Å²) in [6.45, 7) is 2.12. The Morgan fingerprint density at radius 2 is 2.38 bits per heavy atom. The number of nitriles is 1. The number of nitrogen functional groups attached to an aromatic ring is 1. The lowest BCUT2D eigenvalue weighted by Gasteiger charge is -2.26. The van der Waals surface area contributed by atoms with Crippen LogP contribution in [0.15, 0.2) is 12.3 Å². The Balaban J connectivity index is 2.92. The minimum absolute atomic E-state index is 0.359. The van der Waals surface area contributed by atoms with Crippen molar-refractivity contribution in [3.8, 4) is 6.07 Å². The van der Waals surface area contributed by atoms with Gasteiger partial charge in [-0.3, -0.25) is 0 Å². The predicted octanol–water partition coefficient (Wildman–Crippen LogP) is 1.72. The summed E-state index contributed by atoms with van der Waals surface area (Å²) in [6.07, 6.45) is 3.62. The molecule has 1 rings (SSSR count). The number of rotatable bonds is 4. The predicted molar refractivity (Wildman–Crippen MR) is 69.6 cm³/mol. The van der Waals surface area contributed by atoms with Crippen LogP contribution in [0.25, 0.3) is 0 Å². The molecule has 0 spiro atoms. The highest BCUT2D eigenvalue weighted by molar-refractivity contribution is 7.98. The second kappa shape index (κ2) is 5.61. The first kappa shape index (κ1) is 12.7. The molecule has 0 amide bonds. The van der Waals surface area contributed by atoms with Gasteiger partial charge in [-0.25, -0.2) is 4.98 Å². The van der Waals surface area contributed by atoms with E-state index in [9.17, 15) is 0 Å². The van der Waals surface area contributed by atoms with Crippen LogP contribution in [0.1, 0.15) is 12.5 Å². The zero-order valence-electron chi connectivity index (χ0n) is 9.77. The number of nitrogens with two attached hydrogens (primary N) is 1. The van der Waals surface area contributed by atoms with Crippen LogP contribution in [0.2, 0.25) is 0 Å². The van der Waals surface area contributed by atoms with Crippen LogP contribution in [0.3, 0.4) is 0 Å². The summed E-state index contributed by atoms with van der Waals surface area (Å²) in [5.74, 6) is 1.75. The van der Waals surface area contributed by atoms with Gasteiger partial charge in [0.2, 0.25) is 0 Å². The fourth-order valence-electron chi connectivity index (χ4n) is 1.39. The number of nitrogens with zero attached hydrogens (tertiary/aromatic N) is 3. The molecule has 1 aromatic heterocycles. The number of anilines is 2. The van der Waals surface area contributed by atoms with Crippen molar-refractivity contribution < 1.29 is 0 Å². The lowest BCUT2D eigenvalue weighted by atomic mass is 10.2. The zero-order valence-corrected chi connectivity index (χ0v) is 10.6. The average molecular weight is 236 g/mol. The van der Waals surface area contributed by atoms with Gasteiger partial charge in [-0.15, -0.1) is 0 Å². The maximum atomic E-state index is 8.72. The van der Waals surface area contributed by atoms with E-state index in [1.165, 1.54) is 0 Å². The van der Waals surface area contributed by atoms with Gasteiger partial charge in [0.25, 0.3) is 0 Å². The van der Waals surface area contributed by atoms with E-state index >= 15 is 0 Å². The molecule has 1 heterocycles. The molecule has 0 aliphatic heterocycles. The van der Waals surface area contributed by atoms with E-state index in [4.69, 9.17) is 11.0 Å². The summed E-state index contributed by atoms with van der Waals surface area (Å²) in [7, 11) is 1.96. The lowest BCUT2D eigenvalue weighted by molar-refractivity contribution is 0.755. The third kappa shape index (κ3) is 2.80. The molecule has 2 N–H and O–H groups in total. The van der Waals surface area contributed by atoms with Gasteiger partial charge < -0.3 is 10.6 Å². The van der Waals surface area contributed by atoms with Crippen LogP contribution in [-0.2, 0) is 0 Å². The number of thioether (sulfide) groups is 1. The highest BCUT2D eigenvalue weighted by Gasteiger charge is 2.13. The molecule has 0 aliphatic rings. The Morgan fingerprint density at radius 3 is 2.88 bits per heavy atom. The molecule has 0 radical (unpaired) electrons. The summed E-state index contributed by atoms with van der Waals surface area (Å²) in [6, 6.07) is 4.04. The molecule has 1 unspecified atom stereocenters. The molecule has 4 nitrogen and oxygen atoms in total. The number of hydrogen-bond acceptors (Lipinski definition) is 5. The molecule has 86 valence electrons. The summed E-state index contributed by atoms with van der Waals surface area (Å²) in [5.41, 5.74) is 6.91. The van der Waals surface area contributed by atoms with Crippen LogP contribution in [-0.4, -0.2) is 30.1 Å². The van der Waals surface area contributed by atoms with Crippen LogP contribution >= 0.6 is 11.8 Å². The first-order chi connectivity index (χ1) is 7.60. The molecule has 0 saturated heterocycles. The fourth-order valence-corrected chi connectivity index (χ4v) is 2.10. The van der Waals surface area contributed by atoms with Crippen molar-refractivity contribution >= 4 is 23.3 Å². The monoisotopic (exact) mass is 236 g/mol. The van der Waals surface area contributed by atoms with Crippen molar-refractivity contribution in [3.05, 3.63) is 17.8 Å². The van der Waals surface area contributed by atoms with Crippen molar-refractivity contribution in [2.75, 3.05) is 29.7 Å². The van der Waals surface area contributed by atoms with Crippen molar-refractivity contribution in [2.45, 2.75) is 13.0 Å². The molecular weight excluding hydrogens is 220 g/mol. The number of hydrogen-bond donors (Lipinski definition) is 1. The van der Waals surface area contributed by atoms with Gasteiger partial charge in [-0.2, -0.15) is 17.0 Å². The van der Waals surface area contributed by atoms with E-state index in [-0.39, 0.29) is 0 Å². The molecule has 0 fully saturated rings. The average Bonchev–Trinajstić information content (AvgIpc) is 2.28. The van der Waals surface area contributed by atoms with Gasteiger partial charge in [0, 0.05) is 25.0 Å². The minimum atomic E-state index is 0.359. The quantitative estimate of drug-likeness (QED) is 0.862. The third-order valence-corrected chi connectivity index (χ3v) is 3.24. The highest BCUT2D eigenvalue weighted by Crippen LogP contribution is 2.22. The van der Waals surface area contributed by atoms with Gasteiger partial charge in [0.15, 0.2) is 5.82 Å². The van der Waals surface area contributed by atoms with Crippen LogP contribution in [0.5, 0.6) is 0 Å². The minimum Gasteiger partial charge on any atom is -0.396 e. The SMILES string of the molecule is CSCC(C)N(C)c1ncc(C#N)cc1N. The molecule has 0 saturated carbocycles. The molecule has 0 aliphatic carbocycles. The number of aromatic nitrogens is 1. The van der Waals surface area contributed by atoms with Crippen molar-refractivity contribution in [2.24, 2.45) is 0 Å². The molecule has 5 heteroatoms. The van der Waals surface area contributed by atoms with Crippen LogP contribution in [0, 0.1) is 11.3 Å². The molecule has 0 aromatic carbocycles. The summed E-state index contributed by atoms with van der Waals surface area (Å²) in [4.78, 5) is 6.26. The molecular formula is C11H16N4S. The first-order valence-electron chi connectivity index (χ1n) is 4.97. The van der Waals surface area contributed by atoms with Crippen molar-refractivity contribution in [1.29, 1.82) is 5.26 Å². The van der Waals surface area contributed by atoms with E-state index in [1.54, 1.807) is 24.0 Å². The van der Waals surface area contributed by atoms with Gasteiger partial charge in [0.1, 0.15) is 6.07 Å². The highest BCUT2D eigenvalue weighted by atomic mass is 32.2.